The Kier molecular flexibility index (Phi) is 2.85. The largest absolute Gasteiger partial charge is 0.397 e. The first-order valence-electron chi connectivity index (χ1n) is 6.58. The van der Waals surface area contributed by atoms with Gasteiger partial charge in [0.15, 0.2) is 0 Å². The second-order valence-electron chi connectivity index (χ2n) is 5.20. The van der Waals surface area contributed by atoms with Crippen LogP contribution in [-0.4, -0.2) is 30.1 Å². The number of nitrogens with zero attached hydrogens (tertiary/aromatic N) is 2. The number of nitrogen functional groups attached to an aromatic ring is 1. The van der Waals surface area contributed by atoms with E-state index in [1.54, 1.807) is 6.07 Å². The third kappa shape index (κ3) is 1.91. The topological polar surface area (TPSA) is 65.1 Å². The summed E-state index contributed by atoms with van der Waals surface area (Å²) in [6.07, 6.45) is 3.78. The van der Waals surface area contributed by atoms with Gasteiger partial charge in [0.2, 0.25) is 0 Å². The Morgan fingerprint density at radius 1 is 1.33 bits per heavy atom. The standard InChI is InChI=1S/C14H18N4/c15-9-10-3-4-12(11(16)8-10)17-13-5-7-18-6-1-2-14(13)18/h3-4,8,13-14,17H,1-2,5-7,16H2. The number of nitriles is 1. The van der Waals surface area contributed by atoms with Crippen LogP contribution in [0.3, 0.4) is 0 Å². The van der Waals surface area contributed by atoms with Gasteiger partial charge in [0.1, 0.15) is 0 Å². The van der Waals surface area contributed by atoms with E-state index in [2.05, 4.69) is 16.3 Å². The zero-order valence-corrected chi connectivity index (χ0v) is 10.4. The number of rotatable bonds is 2. The van der Waals surface area contributed by atoms with Crippen LogP contribution in [-0.2, 0) is 0 Å². The van der Waals surface area contributed by atoms with E-state index in [4.69, 9.17) is 11.0 Å². The molecule has 2 aliphatic rings. The van der Waals surface area contributed by atoms with Gasteiger partial charge in [0.25, 0.3) is 0 Å². The van der Waals surface area contributed by atoms with Crippen LogP contribution in [0.15, 0.2) is 18.2 Å². The third-order valence-electron chi connectivity index (χ3n) is 4.13. The summed E-state index contributed by atoms with van der Waals surface area (Å²) in [5.41, 5.74) is 8.24. The lowest BCUT2D eigenvalue weighted by Gasteiger charge is -2.23. The lowest BCUT2D eigenvalue weighted by atomic mass is 10.1. The van der Waals surface area contributed by atoms with Crippen molar-refractivity contribution in [1.82, 2.24) is 4.90 Å². The predicted molar refractivity (Wildman–Crippen MR) is 72.2 cm³/mol. The Morgan fingerprint density at radius 3 is 3.00 bits per heavy atom. The predicted octanol–water partition coefficient (Wildman–Crippen LogP) is 1.79. The maximum Gasteiger partial charge on any atom is 0.0992 e. The molecule has 1 aromatic rings. The van der Waals surface area contributed by atoms with Gasteiger partial charge >= 0.3 is 0 Å². The fraction of sp³-hybridized carbons (Fsp3) is 0.500. The molecule has 0 bridgehead atoms. The van der Waals surface area contributed by atoms with E-state index < -0.39 is 0 Å². The van der Waals surface area contributed by atoms with E-state index in [1.165, 1.54) is 32.4 Å². The number of fused-ring (bicyclic) bond motifs is 1. The van der Waals surface area contributed by atoms with Crippen molar-refractivity contribution in [3.8, 4) is 6.07 Å². The van der Waals surface area contributed by atoms with Gasteiger partial charge < -0.3 is 11.1 Å². The zero-order chi connectivity index (χ0) is 12.5. The highest BCUT2D eigenvalue weighted by molar-refractivity contribution is 5.68. The number of benzene rings is 1. The van der Waals surface area contributed by atoms with Crippen molar-refractivity contribution in [2.45, 2.75) is 31.3 Å². The van der Waals surface area contributed by atoms with Crippen LogP contribution in [0.4, 0.5) is 11.4 Å². The zero-order valence-electron chi connectivity index (χ0n) is 10.4. The SMILES string of the molecule is N#Cc1ccc(NC2CCN3CCCC23)c(N)c1. The summed E-state index contributed by atoms with van der Waals surface area (Å²) in [4.78, 5) is 2.57. The molecule has 0 radical (unpaired) electrons. The number of hydrogen-bond acceptors (Lipinski definition) is 4. The van der Waals surface area contributed by atoms with Gasteiger partial charge in [0, 0.05) is 18.6 Å². The first-order chi connectivity index (χ1) is 8.78. The molecule has 3 N–H and O–H groups in total. The van der Waals surface area contributed by atoms with Gasteiger partial charge in [-0.2, -0.15) is 5.26 Å². The Morgan fingerprint density at radius 2 is 2.22 bits per heavy atom. The van der Waals surface area contributed by atoms with E-state index in [1.807, 2.05) is 12.1 Å². The van der Waals surface area contributed by atoms with Gasteiger partial charge in [-0.1, -0.05) is 0 Å². The average molecular weight is 242 g/mol. The van der Waals surface area contributed by atoms with E-state index in [0.717, 1.165) is 5.69 Å². The molecular weight excluding hydrogens is 224 g/mol. The van der Waals surface area contributed by atoms with Crippen LogP contribution >= 0.6 is 0 Å². The van der Waals surface area contributed by atoms with Crippen molar-refractivity contribution in [2.24, 2.45) is 0 Å². The molecule has 4 heteroatoms. The van der Waals surface area contributed by atoms with Crippen molar-refractivity contribution in [3.63, 3.8) is 0 Å². The third-order valence-corrected chi connectivity index (χ3v) is 4.13. The Bertz CT molecular complexity index is 491. The van der Waals surface area contributed by atoms with Gasteiger partial charge in [-0.15, -0.1) is 0 Å². The minimum absolute atomic E-state index is 0.503. The van der Waals surface area contributed by atoms with E-state index in [0.29, 0.717) is 23.3 Å². The lowest BCUT2D eigenvalue weighted by Crippen LogP contribution is -2.33. The first-order valence-corrected chi connectivity index (χ1v) is 6.58. The molecule has 0 aliphatic carbocycles. The summed E-state index contributed by atoms with van der Waals surface area (Å²) in [6.45, 7) is 2.43. The highest BCUT2D eigenvalue weighted by Crippen LogP contribution is 2.31. The summed E-state index contributed by atoms with van der Waals surface area (Å²) in [6, 6.07) is 8.76. The Hall–Kier alpha value is -1.73. The number of nitrogens with two attached hydrogens (primary N) is 1. The van der Waals surface area contributed by atoms with Crippen LogP contribution in [0, 0.1) is 11.3 Å². The van der Waals surface area contributed by atoms with Gasteiger partial charge in [-0.05, 0) is 44.0 Å². The highest BCUT2D eigenvalue weighted by atomic mass is 15.2. The molecular formula is C14H18N4. The van der Waals surface area contributed by atoms with Gasteiger partial charge in [0.05, 0.1) is 23.0 Å². The van der Waals surface area contributed by atoms with Gasteiger partial charge in [-0.3, -0.25) is 4.90 Å². The number of anilines is 2. The first kappa shape index (κ1) is 11.4. The normalized spacial score (nSPS) is 26.8. The maximum atomic E-state index is 8.83. The van der Waals surface area contributed by atoms with Crippen LogP contribution in [0.1, 0.15) is 24.8 Å². The fourth-order valence-corrected chi connectivity index (χ4v) is 3.21. The van der Waals surface area contributed by atoms with Crippen molar-refractivity contribution in [2.75, 3.05) is 24.1 Å². The maximum absolute atomic E-state index is 8.83. The van der Waals surface area contributed by atoms with Gasteiger partial charge in [-0.25, -0.2) is 0 Å². The van der Waals surface area contributed by atoms with Crippen LogP contribution < -0.4 is 11.1 Å². The quantitative estimate of drug-likeness (QED) is 0.776. The van der Waals surface area contributed by atoms with Crippen molar-refractivity contribution in [1.29, 1.82) is 5.26 Å². The molecule has 0 amide bonds. The molecule has 0 spiro atoms. The van der Waals surface area contributed by atoms with Crippen molar-refractivity contribution < 1.29 is 0 Å². The molecule has 2 aliphatic heterocycles. The molecule has 2 fully saturated rings. The molecule has 18 heavy (non-hydrogen) atoms. The Balaban J connectivity index is 1.75. The number of hydrogen-bond donors (Lipinski definition) is 2. The van der Waals surface area contributed by atoms with E-state index in [-0.39, 0.29) is 0 Å². The fourth-order valence-electron chi connectivity index (χ4n) is 3.21. The Labute approximate surface area is 107 Å². The second kappa shape index (κ2) is 4.51. The molecule has 2 unspecified atom stereocenters. The molecule has 2 saturated heterocycles. The molecule has 2 atom stereocenters. The lowest BCUT2D eigenvalue weighted by molar-refractivity contribution is 0.318. The number of nitrogens with one attached hydrogen (secondary N) is 1. The monoisotopic (exact) mass is 242 g/mol. The van der Waals surface area contributed by atoms with Crippen LogP contribution in [0.5, 0.6) is 0 Å². The molecule has 0 aromatic heterocycles. The molecule has 94 valence electrons. The second-order valence-corrected chi connectivity index (χ2v) is 5.20. The molecule has 1 aromatic carbocycles. The van der Waals surface area contributed by atoms with Crippen LogP contribution in [0.2, 0.25) is 0 Å². The average Bonchev–Trinajstić information content (AvgIpc) is 2.96. The molecule has 4 nitrogen and oxygen atoms in total. The summed E-state index contributed by atoms with van der Waals surface area (Å²) < 4.78 is 0. The molecule has 3 rings (SSSR count). The summed E-state index contributed by atoms with van der Waals surface area (Å²) in [7, 11) is 0. The highest BCUT2D eigenvalue weighted by Gasteiger charge is 2.37. The van der Waals surface area contributed by atoms with Crippen LogP contribution in [0.25, 0.3) is 0 Å². The van der Waals surface area contributed by atoms with E-state index in [9.17, 15) is 0 Å². The van der Waals surface area contributed by atoms with E-state index >= 15 is 0 Å². The smallest absolute Gasteiger partial charge is 0.0992 e. The molecule has 0 saturated carbocycles. The van der Waals surface area contributed by atoms with Crippen molar-refractivity contribution >= 4 is 11.4 Å². The summed E-state index contributed by atoms with van der Waals surface area (Å²) in [5, 5.41) is 12.4. The summed E-state index contributed by atoms with van der Waals surface area (Å²) in [5.74, 6) is 0. The minimum Gasteiger partial charge on any atom is -0.397 e. The van der Waals surface area contributed by atoms with Crippen molar-refractivity contribution in [3.05, 3.63) is 23.8 Å². The minimum atomic E-state index is 0.503. The summed E-state index contributed by atoms with van der Waals surface area (Å²) >= 11 is 0. The molecule has 2 heterocycles.